The summed E-state index contributed by atoms with van der Waals surface area (Å²) >= 11 is 0. The van der Waals surface area contributed by atoms with Gasteiger partial charge in [-0.3, -0.25) is 0 Å². The van der Waals surface area contributed by atoms with E-state index in [1.54, 1.807) is 0 Å². The van der Waals surface area contributed by atoms with Crippen LogP contribution < -0.4 is 0 Å². The van der Waals surface area contributed by atoms with Gasteiger partial charge in [0, 0.05) is 17.6 Å². The predicted octanol–water partition coefficient (Wildman–Crippen LogP) is 4.62. The van der Waals surface area contributed by atoms with Crippen LogP contribution in [0.5, 0.6) is 0 Å². The summed E-state index contributed by atoms with van der Waals surface area (Å²) in [7, 11) is 0. The Balaban J connectivity index is 5.42. The molecule has 0 aliphatic carbocycles. The van der Waals surface area contributed by atoms with E-state index in [1.165, 1.54) is 16.8 Å². The molecule has 0 heterocycles. The van der Waals surface area contributed by atoms with E-state index in [1.807, 2.05) is 19.9 Å². The van der Waals surface area contributed by atoms with E-state index in [9.17, 15) is 0 Å². The molecule has 1 heteroatoms. The molecule has 1 nitrogen and oxygen atoms in total. The highest BCUT2D eigenvalue weighted by Gasteiger charge is 2.10. The van der Waals surface area contributed by atoms with Gasteiger partial charge in [0.25, 0.3) is 0 Å². The van der Waals surface area contributed by atoms with E-state index < -0.39 is 0 Å². The molecular formula is C14H23N. The molecule has 0 aliphatic heterocycles. The third-order valence-electron chi connectivity index (χ3n) is 2.23. The molecule has 0 N–H and O–H groups in total. The molecule has 0 atom stereocenters. The van der Waals surface area contributed by atoms with E-state index >= 15 is 0 Å². The molecular weight excluding hydrogens is 182 g/mol. The van der Waals surface area contributed by atoms with Gasteiger partial charge in [-0.2, -0.15) is 0 Å². The maximum absolute atomic E-state index is 4.01. The quantitative estimate of drug-likeness (QED) is 0.605. The van der Waals surface area contributed by atoms with Crippen molar-refractivity contribution in [3.63, 3.8) is 0 Å². The fourth-order valence-electron chi connectivity index (χ4n) is 1.50. The van der Waals surface area contributed by atoms with Gasteiger partial charge in [-0.1, -0.05) is 24.3 Å². The number of hydrogen-bond donors (Lipinski definition) is 0. The molecule has 0 aromatic rings. The van der Waals surface area contributed by atoms with E-state index in [0.717, 1.165) is 5.70 Å². The van der Waals surface area contributed by atoms with Gasteiger partial charge in [-0.05, 0) is 47.1 Å². The van der Waals surface area contributed by atoms with Crippen LogP contribution in [-0.4, -0.2) is 4.90 Å². The van der Waals surface area contributed by atoms with Crippen molar-refractivity contribution < 1.29 is 0 Å². The summed E-state index contributed by atoms with van der Waals surface area (Å²) in [5.74, 6) is 0. The van der Waals surface area contributed by atoms with E-state index in [2.05, 4.69) is 51.4 Å². The van der Waals surface area contributed by atoms with Crippen LogP contribution in [0, 0.1) is 0 Å². The summed E-state index contributed by atoms with van der Waals surface area (Å²) in [6.45, 7) is 16.5. The van der Waals surface area contributed by atoms with Gasteiger partial charge in [-0.15, -0.1) is 0 Å². The first kappa shape index (κ1) is 13.8. The van der Waals surface area contributed by atoms with Gasteiger partial charge in [0.2, 0.25) is 0 Å². The Morgan fingerprint density at radius 1 is 1.07 bits per heavy atom. The maximum atomic E-state index is 4.01. The minimum atomic E-state index is 1.03. The van der Waals surface area contributed by atoms with Crippen molar-refractivity contribution in [1.29, 1.82) is 0 Å². The molecule has 0 aromatic heterocycles. The monoisotopic (exact) mass is 205 g/mol. The van der Waals surface area contributed by atoms with Gasteiger partial charge in [0.05, 0.1) is 0 Å². The molecule has 0 saturated carbocycles. The van der Waals surface area contributed by atoms with Crippen LogP contribution in [0.15, 0.2) is 47.5 Å². The third kappa shape index (κ3) is 3.78. The molecule has 0 aliphatic rings. The first-order chi connectivity index (χ1) is 6.95. The second-order valence-corrected chi connectivity index (χ2v) is 3.91. The van der Waals surface area contributed by atoms with Gasteiger partial charge in [-0.25, -0.2) is 0 Å². The Morgan fingerprint density at radius 2 is 1.60 bits per heavy atom. The zero-order chi connectivity index (χ0) is 12.0. The topological polar surface area (TPSA) is 3.24 Å². The summed E-state index contributed by atoms with van der Waals surface area (Å²) in [6.07, 6.45) is 6.21. The SMILES string of the molecule is C=C(C)N(/C=C\C)C(=C(C)C)/C(C)=C\C. The van der Waals surface area contributed by atoms with Crippen molar-refractivity contribution in [2.24, 2.45) is 0 Å². The zero-order valence-electron chi connectivity index (χ0n) is 10.9. The van der Waals surface area contributed by atoms with Crippen molar-refractivity contribution in [2.75, 3.05) is 0 Å². The Hall–Kier alpha value is -1.24. The fraction of sp³-hybridized carbons (Fsp3) is 0.429. The van der Waals surface area contributed by atoms with Gasteiger partial charge in [0.1, 0.15) is 0 Å². The number of nitrogens with zero attached hydrogens (tertiary/aromatic N) is 1. The van der Waals surface area contributed by atoms with Crippen LogP contribution in [0.1, 0.15) is 41.5 Å². The fourth-order valence-corrected chi connectivity index (χ4v) is 1.50. The standard InChI is InChI=1S/C14H23N/c1-8-10-15(12(5)6)14(11(3)4)13(7)9-2/h8-10H,5H2,1-4,6-7H3/b10-8-,13-9-. The van der Waals surface area contributed by atoms with Crippen LogP contribution in [-0.2, 0) is 0 Å². The first-order valence-electron chi connectivity index (χ1n) is 5.34. The molecule has 0 unspecified atom stereocenters. The molecule has 0 radical (unpaired) electrons. The largest absolute Gasteiger partial charge is 0.322 e. The van der Waals surface area contributed by atoms with Crippen molar-refractivity contribution in [1.82, 2.24) is 4.90 Å². The van der Waals surface area contributed by atoms with Gasteiger partial charge < -0.3 is 4.90 Å². The highest BCUT2D eigenvalue weighted by Crippen LogP contribution is 2.23. The lowest BCUT2D eigenvalue weighted by Gasteiger charge is -2.26. The highest BCUT2D eigenvalue weighted by atomic mass is 15.1. The molecule has 0 rings (SSSR count). The second kappa shape index (κ2) is 6.28. The molecule has 0 saturated heterocycles. The summed E-state index contributed by atoms with van der Waals surface area (Å²) in [4.78, 5) is 2.13. The summed E-state index contributed by atoms with van der Waals surface area (Å²) in [5, 5.41) is 0. The van der Waals surface area contributed by atoms with E-state index in [-0.39, 0.29) is 0 Å². The average Bonchev–Trinajstić information content (AvgIpc) is 2.15. The van der Waals surface area contributed by atoms with E-state index in [0.29, 0.717) is 0 Å². The average molecular weight is 205 g/mol. The molecule has 0 aromatic carbocycles. The molecule has 0 amide bonds. The van der Waals surface area contributed by atoms with Crippen molar-refractivity contribution >= 4 is 0 Å². The van der Waals surface area contributed by atoms with Gasteiger partial charge >= 0.3 is 0 Å². The molecule has 15 heavy (non-hydrogen) atoms. The Bertz CT molecular complexity index is 312. The lowest BCUT2D eigenvalue weighted by atomic mass is 10.1. The Labute approximate surface area is 94.5 Å². The zero-order valence-corrected chi connectivity index (χ0v) is 10.9. The van der Waals surface area contributed by atoms with Crippen LogP contribution in [0.4, 0.5) is 0 Å². The maximum Gasteiger partial charge on any atom is 0.0464 e. The Morgan fingerprint density at radius 3 is 1.87 bits per heavy atom. The number of rotatable bonds is 4. The van der Waals surface area contributed by atoms with Gasteiger partial charge in [0.15, 0.2) is 0 Å². The summed E-state index contributed by atoms with van der Waals surface area (Å²) in [5.41, 5.74) is 4.84. The second-order valence-electron chi connectivity index (χ2n) is 3.91. The minimum Gasteiger partial charge on any atom is -0.322 e. The smallest absolute Gasteiger partial charge is 0.0464 e. The minimum absolute atomic E-state index is 1.03. The summed E-state index contributed by atoms with van der Waals surface area (Å²) in [6, 6.07) is 0. The molecule has 84 valence electrons. The lowest BCUT2D eigenvalue weighted by Crippen LogP contribution is -2.15. The van der Waals surface area contributed by atoms with Crippen LogP contribution in [0.3, 0.4) is 0 Å². The molecule has 0 bridgehead atoms. The van der Waals surface area contributed by atoms with Crippen molar-refractivity contribution in [3.05, 3.63) is 47.5 Å². The van der Waals surface area contributed by atoms with Crippen LogP contribution in [0.2, 0.25) is 0 Å². The van der Waals surface area contributed by atoms with Crippen molar-refractivity contribution in [2.45, 2.75) is 41.5 Å². The molecule has 0 fully saturated rings. The normalized spacial score (nSPS) is 11.7. The lowest BCUT2D eigenvalue weighted by molar-refractivity contribution is 0.578. The third-order valence-corrected chi connectivity index (χ3v) is 2.23. The number of hydrogen-bond acceptors (Lipinski definition) is 1. The van der Waals surface area contributed by atoms with Crippen LogP contribution >= 0.6 is 0 Å². The summed E-state index contributed by atoms with van der Waals surface area (Å²) < 4.78 is 0. The van der Waals surface area contributed by atoms with Crippen LogP contribution in [0.25, 0.3) is 0 Å². The molecule has 0 spiro atoms. The highest BCUT2D eigenvalue weighted by molar-refractivity contribution is 5.35. The van der Waals surface area contributed by atoms with Crippen molar-refractivity contribution in [3.8, 4) is 0 Å². The first-order valence-corrected chi connectivity index (χ1v) is 5.34. The number of allylic oxidation sites excluding steroid dienone is 5. The Kier molecular flexibility index (Phi) is 5.76. The predicted molar refractivity (Wildman–Crippen MR) is 69.3 cm³/mol. The van der Waals surface area contributed by atoms with E-state index in [4.69, 9.17) is 0 Å².